The van der Waals surface area contributed by atoms with Crippen LogP contribution < -0.4 is 5.32 Å². The molecule has 1 N–H and O–H groups in total. The van der Waals surface area contributed by atoms with Crippen LogP contribution in [0.25, 0.3) is 0 Å². The van der Waals surface area contributed by atoms with Crippen LogP contribution in [0, 0.1) is 0 Å². The molecule has 0 aromatic carbocycles. The third kappa shape index (κ3) is 5.80. The van der Waals surface area contributed by atoms with Crippen LogP contribution in [-0.4, -0.2) is 41.3 Å². The van der Waals surface area contributed by atoms with Crippen molar-refractivity contribution in [3.05, 3.63) is 0 Å². The van der Waals surface area contributed by atoms with E-state index in [4.69, 9.17) is 8.85 Å². The summed E-state index contributed by atoms with van der Waals surface area (Å²) in [4.78, 5) is 11.9. The fraction of sp³-hybridized carbons (Fsp3) is 0.909. The van der Waals surface area contributed by atoms with Gasteiger partial charge in [0.15, 0.2) is 8.32 Å². The van der Waals surface area contributed by atoms with E-state index in [9.17, 15) is 4.79 Å². The smallest absolute Gasteiger partial charge is 0.309 e. The largest absolute Gasteiger partial charge is 0.519 e. The Bertz CT molecular complexity index is 283. The van der Waals surface area contributed by atoms with E-state index in [0.29, 0.717) is 0 Å². The van der Waals surface area contributed by atoms with Gasteiger partial charge in [-0.3, -0.25) is 4.79 Å². The summed E-state index contributed by atoms with van der Waals surface area (Å²) < 4.78 is 11.5. The number of carbonyl (C=O) groups is 1. The zero-order valence-electron chi connectivity index (χ0n) is 11.8. The Labute approximate surface area is 106 Å². The molecule has 0 amide bonds. The summed E-state index contributed by atoms with van der Waals surface area (Å²) >= 11 is 0. The van der Waals surface area contributed by atoms with Crippen molar-refractivity contribution in [1.29, 1.82) is 0 Å². The van der Waals surface area contributed by atoms with Gasteiger partial charge in [0.25, 0.3) is 0 Å². The van der Waals surface area contributed by atoms with Crippen LogP contribution in [0.2, 0.25) is 39.3 Å². The zero-order valence-corrected chi connectivity index (χ0v) is 13.8. The molecule has 0 aliphatic carbocycles. The first kappa shape index (κ1) is 14.9. The molecular weight excluding hydrogens is 250 g/mol. The highest BCUT2D eigenvalue weighted by Crippen LogP contribution is 2.18. The van der Waals surface area contributed by atoms with Crippen LogP contribution >= 0.6 is 0 Å². The number of rotatable bonds is 4. The predicted octanol–water partition coefficient (Wildman–Crippen LogP) is 1.95. The summed E-state index contributed by atoms with van der Waals surface area (Å²) in [7, 11) is -3.30. The molecular formula is C11H25NO3Si2. The first-order valence-electron chi connectivity index (χ1n) is 6.21. The molecule has 2 atom stereocenters. The molecule has 0 spiro atoms. The summed E-state index contributed by atoms with van der Waals surface area (Å²) in [5.74, 6) is -0.106. The van der Waals surface area contributed by atoms with Crippen molar-refractivity contribution in [2.75, 3.05) is 6.54 Å². The summed E-state index contributed by atoms with van der Waals surface area (Å²) in [5.41, 5.74) is 0. The second-order valence-corrected chi connectivity index (χ2v) is 15.5. The van der Waals surface area contributed by atoms with E-state index in [1.54, 1.807) is 0 Å². The molecule has 2 unspecified atom stereocenters. The average Bonchev–Trinajstić information content (AvgIpc) is 2.45. The zero-order chi connectivity index (χ0) is 13.3. The minimum atomic E-state index is -1.78. The molecule has 1 aliphatic rings. The monoisotopic (exact) mass is 275 g/mol. The molecule has 0 aromatic rings. The number of hydrogen-bond acceptors (Lipinski definition) is 4. The van der Waals surface area contributed by atoms with E-state index in [-0.39, 0.29) is 18.1 Å². The molecule has 1 rings (SSSR count). The van der Waals surface area contributed by atoms with E-state index in [0.717, 1.165) is 13.0 Å². The molecule has 1 fully saturated rings. The van der Waals surface area contributed by atoms with Gasteiger partial charge in [0.1, 0.15) is 6.04 Å². The van der Waals surface area contributed by atoms with E-state index < -0.39 is 16.6 Å². The molecule has 6 heteroatoms. The summed E-state index contributed by atoms with van der Waals surface area (Å²) in [6.07, 6.45) is 0.911. The highest BCUT2D eigenvalue weighted by molar-refractivity contribution is 6.71. The normalized spacial score (nSPS) is 26.0. The van der Waals surface area contributed by atoms with Gasteiger partial charge >= 0.3 is 5.97 Å². The lowest BCUT2D eigenvalue weighted by Gasteiger charge is -2.23. The summed E-state index contributed by atoms with van der Waals surface area (Å²) in [5, 5.41) is 3.20. The predicted molar refractivity (Wildman–Crippen MR) is 74.1 cm³/mol. The minimum absolute atomic E-state index is 0.106. The fourth-order valence-electron chi connectivity index (χ4n) is 1.85. The second-order valence-electron chi connectivity index (χ2n) is 6.58. The lowest BCUT2D eigenvalue weighted by Crippen LogP contribution is -2.39. The SMILES string of the molecule is C[Si](C)(C)OC(=O)C1CC(O[Si](C)(C)C)CN1. The van der Waals surface area contributed by atoms with Crippen LogP contribution in [0.4, 0.5) is 0 Å². The van der Waals surface area contributed by atoms with Crippen LogP contribution in [0.1, 0.15) is 6.42 Å². The molecule has 17 heavy (non-hydrogen) atoms. The van der Waals surface area contributed by atoms with Crippen molar-refractivity contribution < 1.29 is 13.6 Å². The van der Waals surface area contributed by atoms with Gasteiger partial charge in [-0.1, -0.05) is 0 Å². The van der Waals surface area contributed by atoms with Crippen molar-refractivity contribution >= 4 is 22.6 Å². The fourth-order valence-corrected chi connectivity index (χ4v) is 3.77. The van der Waals surface area contributed by atoms with Gasteiger partial charge in [0.2, 0.25) is 8.32 Å². The van der Waals surface area contributed by atoms with E-state index in [1.165, 1.54) is 0 Å². The molecule has 1 heterocycles. The van der Waals surface area contributed by atoms with Crippen LogP contribution in [0.3, 0.4) is 0 Å². The number of carbonyl (C=O) groups excluding carboxylic acids is 1. The van der Waals surface area contributed by atoms with Crippen LogP contribution in [-0.2, 0) is 13.6 Å². The van der Waals surface area contributed by atoms with Gasteiger partial charge in [-0.05, 0) is 45.7 Å². The third-order valence-electron chi connectivity index (χ3n) is 2.30. The highest BCUT2D eigenvalue weighted by Gasteiger charge is 2.35. The summed E-state index contributed by atoms with van der Waals surface area (Å²) in [6.45, 7) is 13.3. The summed E-state index contributed by atoms with van der Waals surface area (Å²) in [6, 6.07) is -0.178. The maximum atomic E-state index is 11.9. The molecule has 100 valence electrons. The number of nitrogens with one attached hydrogen (secondary N) is 1. The molecule has 0 aromatic heterocycles. The van der Waals surface area contributed by atoms with Crippen molar-refractivity contribution in [3.63, 3.8) is 0 Å². The molecule has 1 aliphatic heterocycles. The Morgan fingerprint density at radius 3 is 2.18 bits per heavy atom. The Hall–Kier alpha value is -0.176. The topological polar surface area (TPSA) is 47.6 Å². The maximum Gasteiger partial charge on any atom is 0.309 e. The molecule has 1 saturated heterocycles. The Balaban J connectivity index is 2.43. The van der Waals surface area contributed by atoms with E-state index in [2.05, 4.69) is 25.0 Å². The van der Waals surface area contributed by atoms with Crippen LogP contribution in [0.5, 0.6) is 0 Å². The third-order valence-corrected chi connectivity index (χ3v) is 4.16. The van der Waals surface area contributed by atoms with Crippen molar-refractivity contribution in [1.82, 2.24) is 5.32 Å². The van der Waals surface area contributed by atoms with Gasteiger partial charge in [-0.15, -0.1) is 0 Å². The Morgan fingerprint density at radius 1 is 1.12 bits per heavy atom. The quantitative estimate of drug-likeness (QED) is 0.797. The average molecular weight is 275 g/mol. The van der Waals surface area contributed by atoms with Crippen molar-refractivity contribution in [2.24, 2.45) is 0 Å². The molecule has 0 bridgehead atoms. The first-order chi connectivity index (χ1) is 7.57. The highest BCUT2D eigenvalue weighted by atomic mass is 28.4. The molecule has 4 nitrogen and oxygen atoms in total. The molecule has 0 radical (unpaired) electrons. The van der Waals surface area contributed by atoms with Gasteiger partial charge in [-0.25, -0.2) is 0 Å². The Morgan fingerprint density at radius 2 is 1.71 bits per heavy atom. The van der Waals surface area contributed by atoms with Gasteiger partial charge in [0, 0.05) is 6.54 Å². The lowest BCUT2D eigenvalue weighted by molar-refractivity contribution is -0.137. The van der Waals surface area contributed by atoms with E-state index in [1.807, 2.05) is 19.6 Å². The first-order valence-corrected chi connectivity index (χ1v) is 13.0. The second kappa shape index (κ2) is 5.21. The van der Waals surface area contributed by atoms with Crippen molar-refractivity contribution in [2.45, 2.75) is 57.8 Å². The standard InChI is InChI=1S/C11H25NO3Si2/c1-16(2,3)14-9-7-10(12-8-9)11(13)15-17(4,5)6/h9-10,12H,7-8H2,1-6H3. The van der Waals surface area contributed by atoms with Gasteiger partial charge < -0.3 is 14.2 Å². The Kier molecular flexibility index (Phi) is 4.56. The lowest BCUT2D eigenvalue weighted by atomic mass is 10.2. The number of hydrogen-bond donors (Lipinski definition) is 1. The van der Waals surface area contributed by atoms with E-state index >= 15 is 0 Å². The van der Waals surface area contributed by atoms with Gasteiger partial charge in [-0.2, -0.15) is 0 Å². The molecule has 0 saturated carbocycles. The van der Waals surface area contributed by atoms with Crippen LogP contribution in [0.15, 0.2) is 0 Å². The minimum Gasteiger partial charge on any atom is -0.519 e. The maximum absolute atomic E-state index is 11.9. The van der Waals surface area contributed by atoms with Gasteiger partial charge in [0.05, 0.1) is 6.10 Å². The van der Waals surface area contributed by atoms with Crippen molar-refractivity contribution in [3.8, 4) is 0 Å².